The number of halogens is 2. The van der Waals surface area contributed by atoms with Crippen molar-refractivity contribution < 1.29 is 14.4 Å². The number of benzene rings is 1. The Morgan fingerprint density at radius 3 is 2.35 bits per heavy atom. The van der Waals surface area contributed by atoms with Crippen molar-refractivity contribution in [3.05, 3.63) is 50.6 Å². The lowest BCUT2D eigenvalue weighted by atomic mass is 10.2. The van der Waals surface area contributed by atoms with E-state index in [-0.39, 0.29) is 31.1 Å². The summed E-state index contributed by atoms with van der Waals surface area (Å²) >= 11 is 13.4. The van der Waals surface area contributed by atoms with Crippen LogP contribution in [0.25, 0.3) is 0 Å². The molecule has 0 unspecified atom stereocenters. The summed E-state index contributed by atoms with van der Waals surface area (Å²) in [6.07, 6.45) is 0.179. The van der Waals surface area contributed by atoms with Gasteiger partial charge in [-0.1, -0.05) is 35.3 Å². The van der Waals surface area contributed by atoms with Crippen LogP contribution in [0.2, 0.25) is 10.0 Å². The van der Waals surface area contributed by atoms with E-state index in [0.717, 1.165) is 0 Å². The molecule has 0 bridgehead atoms. The number of likely N-dealkylation sites (N-methyl/N-ethyl adjacent to an activating group) is 1. The van der Waals surface area contributed by atoms with Gasteiger partial charge in [0.05, 0.1) is 27.2 Å². The topological polar surface area (TPSA) is 66.5 Å². The number of rotatable bonds is 8. The second-order valence-corrected chi connectivity index (χ2v) is 7.22. The number of ketones is 1. The van der Waals surface area contributed by atoms with Gasteiger partial charge in [-0.05, 0) is 30.5 Å². The van der Waals surface area contributed by atoms with E-state index >= 15 is 0 Å². The van der Waals surface area contributed by atoms with E-state index in [2.05, 4.69) is 5.32 Å². The van der Waals surface area contributed by atoms with Crippen LogP contribution in [0.1, 0.15) is 29.4 Å². The van der Waals surface area contributed by atoms with E-state index in [0.29, 0.717) is 27.2 Å². The van der Waals surface area contributed by atoms with Gasteiger partial charge in [-0.3, -0.25) is 14.4 Å². The number of carbonyl (C=O) groups is 3. The van der Waals surface area contributed by atoms with Crippen molar-refractivity contribution in [2.75, 3.05) is 18.4 Å². The van der Waals surface area contributed by atoms with Crippen molar-refractivity contribution in [2.24, 2.45) is 0 Å². The van der Waals surface area contributed by atoms with Crippen LogP contribution < -0.4 is 5.32 Å². The Balaban J connectivity index is 1.90. The first kappa shape index (κ1) is 20.4. The maximum Gasteiger partial charge on any atom is 0.244 e. The molecule has 2 rings (SSSR count). The highest BCUT2D eigenvalue weighted by Crippen LogP contribution is 2.29. The molecule has 0 aliphatic heterocycles. The van der Waals surface area contributed by atoms with E-state index in [1.165, 1.54) is 16.2 Å². The first-order valence-corrected chi connectivity index (χ1v) is 9.64. The third-order valence-corrected chi connectivity index (χ3v) is 5.20. The standard InChI is InChI=1S/C18H18Cl2N2O3S/c1-2-22(17(25)9-8-14(23)15-7-4-10-26-15)11-16(24)21-18-12(19)5-3-6-13(18)20/h3-7,10H,2,8-9,11H2,1H3,(H,21,24). The Morgan fingerprint density at radius 1 is 1.08 bits per heavy atom. The molecule has 2 aromatic rings. The summed E-state index contributed by atoms with van der Waals surface area (Å²) in [7, 11) is 0. The monoisotopic (exact) mass is 412 g/mol. The van der Waals surface area contributed by atoms with Gasteiger partial charge in [-0.25, -0.2) is 0 Å². The van der Waals surface area contributed by atoms with E-state index < -0.39 is 5.91 Å². The Labute approximate surface area is 165 Å². The van der Waals surface area contributed by atoms with Crippen LogP contribution in [-0.2, 0) is 9.59 Å². The molecule has 8 heteroatoms. The molecule has 1 aromatic carbocycles. The van der Waals surface area contributed by atoms with Gasteiger partial charge in [0.15, 0.2) is 5.78 Å². The van der Waals surface area contributed by atoms with Crippen molar-refractivity contribution in [1.29, 1.82) is 0 Å². The van der Waals surface area contributed by atoms with Gasteiger partial charge in [0, 0.05) is 19.4 Å². The van der Waals surface area contributed by atoms with Gasteiger partial charge < -0.3 is 10.2 Å². The second-order valence-electron chi connectivity index (χ2n) is 5.45. The molecule has 0 aliphatic rings. The minimum absolute atomic E-state index is 0.0602. The minimum Gasteiger partial charge on any atom is -0.334 e. The minimum atomic E-state index is -0.403. The van der Waals surface area contributed by atoms with E-state index in [1.54, 1.807) is 37.3 Å². The van der Waals surface area contributed by atoms with Crippen molar-refractivity contribution >= 4 is 57.8 Å². The molecule has 1 heterocycles. The average Bonchev–Trinajstić information content (AvgIpc) is 3.15. The summed E-state index contributed by atoms with van der Waals surface area (Å²) in [6, 6.07) is 8.43. The number of anilines is 1. The van der Waals surface area contributed by atoms with Crippen LogP contribution in [0.5, 0.6) is 0 Å². The first-order valence-electron chi connectivity index (χ1n) is 8.00. The fourth-order valence-corrected chi connectivity index (χ4v) is 3.47. The van der Waals surface area contributed by atoms with Crippen LogP contribution in [0.15, 0.2) is 35.7 Å². The molecular weight excluding hydrogens is 395 g/mol. The molecule has 0 fully saturated rings. The third-order valence-electron chi connectivity index (χ3n) is 3.66. The smallest absolute Gasteiger partial charge is 0.244 e. The van der Waals surface area contributed by atoms with Crippen LogP contribution in [-0.4, -0.2) is 35.6 Å². The largest absolute Gasteiger partial charge is 0.334 e. The Kier molecular flexibility index (Phi) is 7.63. The maximum atomic E-state index is 12.3. The zero-order valence-corrected chi connectivity index (χ0v) is 16.5. The molecule has 0 aliphatic carbocycles. The molecule has 1 N–H and O–H groups in total. The van der Waals surface area contributed by atoms with Gasteiger partial charge in [0.1, 0.15) is 0 Å². The molecule has 0 radical (unpaired) electrons. The third kappa shape index (κ3) is 5.56. The highest BCUT2D eigenvalue weighted by atomic mass is 35.5. The number of hydrogen-bond donors (Lipinski definition) is 1. The van der Waals surface area contributed by atoms with Crippen LogP contribution in [0.3, 0.4) is 0 Å². The number of nitrogens with zero attached hydrogens (tertiary/aromatic N) is 1. The summed E-state index contributed by atoms with van der Waals surface area (Å²) < 4.78 is 0. The number of amides is 2. The average molecular weight is 413 g/mol. The lowest BCUT2D eigenvalue weighted by molar-refractivity contribution is -0.134. The molecule has 0 spiro atoms. The molecule has 26 heavy (non-hydrogen) atoms. The molecular formula is C18H18Cl2N2O3S. The Morgan fingerprint density at radius 2 is 1.77 bits per heavy atom. The SMILES string of the molecule is CCN(CC(=O)Nc1c(Cl)cccc1Cl)C(=O)CCC(=O)c1cccs1. The maximum absolute atomic E-state index is 12.3. The Hall–Kier alpha value is -1.89. The van der Waals surface area contributed by atoms with E-state index in [4.69, 9.17) is 23.2 Å². The van der Waals surface area contributed by atoms with Crippen molar-refractivity contribution in [2.45, 2.75) is 19.8 Å². The summed E-state index contributed by atoms with van der Waals surface area (Å²) in [4.78, 5) is 38.6. The number of nitrogens with one attached hydrogen (secondary N) is 1. The summed E-state index contributed by atoms with van der Waals surface area (Å²) in [5, 5.41) is 5.08. The summed E-state index contributed by atoms with van der Waals surface area (Å²) in [6.45, 7) is 1.99. The van der Waals surface area contributed by atoms with Crippen LogP contribution in [0, 0.1) is 0 Å². The number of para-hydroxylation sites is 1. The molecule has 0 saturated heterocycles. The predicted octanol–water partition coefficient (Wildman–Crippen LogP) is 4.51. The normalized spacial score (nSPS) is 10.4. The van der Waals surface area contributed by atoms with Gasteiger partial charge >= 0.3 is 0 Å². The van der Waals surface area contributed by atoms with Gasteiger partial charge in [0.25, 0.3) is 0 Å². The first-order chi connectivity index (χ1) is 12.4. The molecule has 2 amide bonds. The highest BCUT2D eigenvalue weighted by molar-refractivity contribution is 7.12. The zero-order chi connectivity index (χ0) is 19.1. The molecule has 0 saturated carbocycles. The lowest BCUT2D eigenvalue weighted by Gasteiger charge is -2.20. The fourth-order valence-electron chi connectivity index (χ4n) is 2.28. The summed E-state index contributed by atoms with van der Waals surface area (Å²) in [5.74, 6) is -0.728. The van der Waals surface area contributed by atoms with Crippen molar-refractivity contribution in [3.8, 4) is 0 Å². The van der Waals surface area contributed by atoms with Gasteiger partial charge in [0.2, 0.25) is 11.8 Å². The van der Waals surface area contributed by atoms with Gasteiger partial charge in [-0.15, -0.1) is 11.3 Å². The predicted molar refractivity (Wildman–Crippen MR) is 105 cm³/mol. The highest BCUT2D eigenvalue weighted by Gasteiger charge is 2.18. The lowest BCUT2D eigenvalue weighted by Crippen LogP contribution is -2.38. The van der Waals surface area contributed by atoms with Crippen molar-refractivity contribution in [1.82, 2.24) is 4.90 Å². The fraction of sp³-hybridized carbons (Fsp3) is 0.278. The van der Waals surface area contributed by atoms with Crippen LogP contribution >= 0.6 is 34.5 Å². The quantitative estimate of drug-likeness (QED) is 0.648. The van der Waals surface area contributed by atoms with Crippen molar-refractivity contribution in [3.63, 3.8) is 0 Å². The number of hydrogen-bond acceptors (Lipinski definition) is 4. The Bertz CT molecular complexity index is 773. The summed E-state index contributed by atoms with van der Waals surface area (Å²) in [5.41, 5.74) is 0.317. The molecule has 5 nitrogen and oxygen atoms in total. The van der Waals surface area contributed by atoms with E-state index in [1.807, 2.05) is 5.38 Å². The number of thiophene rings is 1. The van der Waals surface area contributed by atoms with Gasteiger partial charge in [-0.2, -0.15) is 0 Å². The van der Waals surface area contributed by atoms with E-state index in [9.17, 15) is 14.4 Å². The second kappa shape index (κ2) is 9.71. The number of Topliss-reactive ketones (excluding diaryl/α,β-unsaturated/α-hetero) is 1. The zero-order valence-electron chi connectivity index (χ0n) is 14.1. The van der Waals surface area contributed by atoms with Crippen LogP contribution in [0.4, 0.5) is 5.69 Å². The molecule has 1 aromatic heterocycles. The molecule has 138 valence electrons. The number of carbonyl (C=O) groups excluding carboxylic acids is 3. The molecule has 0 atom stereocenters.